The number of rotatable bonds is 2. The maximum Gasteiger partial charge on any atom is 0.131 e. The van der Waals surface area contributed by atoms with Gasteiger partial charge in [0.15, 0.2) is 0 Å². The first kappa shape index (κ1) is 9.59. The van der Waals surface area contributed by atoms with Gasteiger partial charge in [0.05, 0.1) is 0 Å². The predicted octanol–water partition coefficient (Wildman–Crippen LogP) is 2.55. The van der Waals surface area contributed by atoms with Gasteiger partial charge in [0, 0.05) is 17.2 Å². The van der Waals surface area contributed by atoms with Crippen molar-refractivity contribution in [2.24, 2.45) is 11.7 Å². The van der Waals surface area contributed by atoms with E-state index in [2.05, 4.69) is 0 Å². The summed E-state index contributed by atoms with van der Waals surface area (Å²) in [5.41, 5.74) is 5.91. The summed E-state index contributed by atoms with van der Waals surface area (Å²) < 4.78 is 26.0. The first-order valence-electron chi connectivity index (χ1n) is 4.82. The molecule has 1 saturated carbocycles. The number of hydrogen-bond acceptors (Lipinski definition) is 1. The molecule has 1 fully saturated rings. The van der Waals surface area contributed by atoms with Gasteiger partial charge in [-0.05, 0) is 18.4 Å². The van der Waals surface area contributed by atoms with Crippen LogP contribution in [0, 0.1) is 17.6 Å². The Bertz CT molecular complexity index is 364. The van der Waals surface area contributed by atoms with Gasteiger partial charge in [-0.15, -0.1) is 0 Å². The summed E-state index contributed by atoms with van der Waals surface area (Å²) in [6.07, 6.45) is 1.74. The van der Waals surface area contributed by atoms with E-state index in [9.17, 15) is 8.78 Å². The van der Waals surface area contributed by atoms with Gasteiger partial charge in [-0.25, -0.2) is 8.78 Å². The van der Waals surface area contributed by atoms with Crippen molar-refractivity contribution in [1.82, 2.24) is 0 Å². The standard InChI is InChI=1S/C11H13F2N/c1-2-7-6-11(7,14)9-4-3-8(12)5-10(9)13/h3-5,7H,2,6,14H2,1H3. The Kier molecular flexibility index (Phi) is 2.07. The lowest BCUT2D eigenvalue weighted by Crippen LogP contribution is -2.23. The monoisotopic (exact) mass is 197 g/mol. The molecule has 1 aromatic rings. The van der Waals surface area contributed by atoms with Crippen LogP contribution in [-0.2, 0) is 5.54 Å². The molecule has 0 amide bonds. The fourth-order valence-electron chi connectivity index (χ4n) is 2.05. The third kappa shape index (κ3) is 1.32. The summed E-state index contributed by atoms with van der Waals surface area (Å²) in [5, 5.41) is 0. The second-order valence-corrected chi connectivity index (χ2v) is 3.97. The lowest BCUT2D eigenvalue weighted by molar-refractivity contribution is 0.530. The molecule has 1 nitrogen and oxygen atoms in total. The van der Waals surface area contributed by atoms with E-state index in [0.717, 1.165) is 18.9 Å². The SMILES string of the molecule is CCC1CC1(N)c1ccc(F)cc1F. The van der Waals surface area contributed by atoms with E-state index in [4.69, 9.17) is 5.73 Å². The van der Waals surface area contributed by atoms with Gasteiger partial charge < -0.3 is 5.73 Å². The van der Waals surface area contributed by atoms with Crippen LogP contribution in [0.3, 0.4) is 0 Å². The summed E-state index contributed by atoms with van der Waals surface area (Å²) in [4.78, 5) is 0. The molecule has 2 unspecified atom stereocenters. The van der Waals surface area contributed by atoms with Crippen molar-refractivity contribution in [2.45, 2.75) is 25.3 Å². The Hall–Kier alpha value is -0.960. The number of hydrogen-bond donors (Lipinski definition) is 1. The molecule has 0 aromatic heterocycles. The largest absolute Gasteiger partial charge is 0.321 e. The second kappa shape index (κ2) is 3.02. The molecule has 14 heavy (non-hydrogen) atoms. The molecular weight excluding hydrogens is 184 g/mol. The Labute approximate surface area is 81.9 Å². The number of halogens is 2. The predicted molar refractivity (Wildman–Crippen MR) is 50.6 cm³/mol. The zero-order valence-corrected chi connectivity index (χ0v) is 8.06. The van der Waals surface area contributed by atoms with E-state index in [1.54, 1.807) is 0 Å². The van der Waals surface area contributed by atoms with Gasteiger partial charge in [-0.3, -0.25) is 0 Å². The van der Waals surface area contributed by atoms with Gasteiger partial charge in [0.1, 0.15) is 11.6 Å². The molecule has 0 spiro atoms. The molecule has 0 radical (unpaired) electrons. The Balaban J connectivity index is 2.34. The molecule has 2 atom stereocenters. The van der Waals surface area contributed by atoms with E-state index in [1.165, 1.54) is 12.1 Å². The second-order valence-electron chi connectivity index (χ2n) is 3.97. The highest BCUT2D eigenvalue weighted by atomic mass is 19.1. The van der Waals surface area contributed by atoms with Crippen LogP contribution in [0.2, 0.25) is 0 Å². The normalized spacial score (nSPS) is 30.4. The fraction of sp³-hybridized carbons (Fsp3) is 0.455. The lowest BCUT2D eigenvalue weighted by Gasteiger charge is -2.12. The highest BCUT2D eigenvalue weighted by Crippen LogP contribution is 2.52. The van der Waals surface area contributed by atoms with E-state index in [1.807, 2.05) is 6.92 Å². The maximum atomic E-state index is 13.4. The minimum absolute atomic E-state index is 0.336. The summed E-state index contributed by atoms with van der Waals surface area (Å²) in [5.74, 6) is -0.741. The Morgan fingerprint density at radius 3 is 2.71 bits per heavy atom. The van der Waals surface area contributed by atoms with Crippen LogP contribution in [0.1, 0.15) is 25.3 Å². The van der Waals surface area contributed by atoms with Gasteiger partial charge in [0.25, 0.3) is 0 Å². The van der Waals surface area contributed by atoms with Crippen LogP contribution in [0.4, 0.5) is 8.78 Å². The highest BCUT2D eigenvalue weighted by Gasteiger charge is 2.52. The van der Waals surface area contributed by atoms with Gasteiger partial charge in [-0.2, -0.15) is 0 Å². The zero-order chi connectivity index (χ0) is 10.3. The third-order valence-electron chi connectivity index (χ3n) is 3.08. The van der Waals surface area contributed by atoms with Crippen LogP contribution < -0.4 is 5.73 Å². The molecule has 2 N–H and O–H groups in total. The summed E-state index contributed by atoms with van der Waals surface area (Å²) in [6.45, 7) is 2.03. The van der Waals surface area contributed by atoms with Crippen molar-refractivity contribution >= 4 is 0 Å². The van der Waals surface area contributed by atoms with Crippen LogP contribution in [0.5, 0.6) is 0 Å². The van der Waals surface area contributed by atoms with Gasteiger partial charge >= 0.3 is 0 Å². The molecule has 0 saturated heterocycles. The first-order valence-corrected chi connectivity index (χ1v) is 4.82. The van der Waals surface area contributed by atoms with Gasteiger partial charge in [-0.1, -0.05) is 19.4 Å². The molecule has 0 aliphatic heterocycles. The molecule has 1 aliphatic rings. The van der Waals surface area contributed by atoms with Crippen molar-refractivity contribution in [2.75, 3.05) is 0 Å². The number of benzene rings is 1. The summed E-state index contributed by atoms with van der Waals surface area (Å²) in [7, 11) is 0. The van der Waals surface area contributed by atoms with Crippen molar-refractivity contribution in [3.8, 4) is 0 Å². The minimum Gasteiger partial charge on any atom is -0.321 e. The molecule has 2 rings (SSSR count). The average molecular weight is 197 g/mol. The van der Waals surface area contributed by atoms with Crippen molar-refractivity contribution in [1.29, 1.82) is 0 Å². The third-order valence-corrected chi connectivity index (χ3v) is 3.08. The molecular formula is C11H13F2N. The molecule has 76 valence electrons. The topological polar surface area (TPSA) is 26.0 Å². The van der Waals surface area contributed by atoms with Crippen LogP contribution in [-0.4, -0.2) is 0 Å². The molecule has 0 heterocycles. The first-order chi connectivity index (χ1) is 6.58. The molecule has 1 aliphatic carbocycles. The van der Waals surface area contributed by atoms with E-state index in [-0.39, 0.29) is 0 Å². The van der Waals surface area contributed by atoms with Crippen LogP contribution in [0.25, 0.3) is 0 Å². The Morgan fingerprint density at radius 2 is 2.21 bits per heavy atom. The molecule has 3 heteroatoms. The van der Waals surface area contributed by atoms with Crippen LogP contribution in [0.15, 0.2) is 18.2 Å². The smallest absolute Gasteiger partial charge is 0.131 e. The summed E-state index contributed by atoms with van der Waals surface area (Å²) >= 11 is 0. The zero-order valence-electron chi connectivity index (χ0n) is 8.06. The average Bonchev–Trinajstić information content (AvgIpc) is 2.77. The van der Waals surface area contributed by atoms with Crippen molar-refractivity contribution in [3.63, 3.8) is 0 Å². The lowest BCUT2D eigenvalue weighted by atomic mass is 10.0. The van der Waals surface area contributed by atoms with Crippen molar-refractivity contribution < 1.29 is 8.78 Å². The summed E-state index contributed by atoms with van der Waals surface area (Å²) in [6, 6.07) is 3.62. The maximum absolute atomic E-state index is 13.4. The minimum atomic E-state index is -0.552. The molecule has 0 bridgehead atoms. The van der Waals surface area contributed by atoms with E-state index < -0.39 is 17.2 Å². The van der Waals surface area contributed by atoms with Crippen molar-refractivity contribution in [3.05, 3.63) is 35.4 Å². The van der Waals surface area contributed by atoms with E-state index in [0.29, 0.717) is 11.5 Å². The van der Waals surface area contributed by atoms with E-state index >= 15 is 0 Å². The molecule has 1 aromatic carbocycles. The van der Waals surface area contributed by atoms with Gasteiger partial charge in [0.2, 0.25) is 0 Å². The fourth-order valence-corrected chi connectivity index (χ4v) is 2.05. The van der Waals surface area contributed by atoms with Crippen LogP contribution >= 0.6 is 0 Å². The Morgan fingerprint density at radius 1 is 1.50 bits per heavy atom. The quantitative estimate of drug-likeness (QED) is 0.774. The number of nitrogens with two attached hydrogens (primary N) is 1. The highest BCUT2D eigenvalue weighted by molar-refractivity contribution is 5.33.